The van der Waals surface area contributed by atoms with Crippen LogP contribution in [0.5, 0.6) is 0 Å². The van der Waals surface area contributed by atoms with Gasteiger partial charge in [-0.05, 0) is 34.5 Å². The van der Waals surface area contributed by atoms with Crippen LogP contribution in [0.4, 0.5) is 18.9 Å². The van der Waals surface area contributed by atoms with Crippen molar-refractivity contribution >= 4 is 28.8 Å². The number of benzene rings is 1. The van der Waals surface area contributed by atoms with Crippen molar-refractivity contribution in [2.24, 2.45) is 0 Å². The first-order chi connectivity index (χ1) is 13.3. The van der Waals surface area contributed by atoms with Gasteiger partial charge in [-0.25, -0.2) is 0 Å². The van der Waals surface area contributed by atoms with Crippen LogP contribution in [-0.2, 0) is 22.2 Å². The first-order valence-electron chi connectivity index (χ1n) is 8.80. The molecule has 0 bridgehead atoms. The number of piperazine rings is 1. The van der Waals surface area contributed by atoms with E-state index in [2.05, 4.69) is 5.32 Å². The Hall–Kier alpha value is -2.39. The number of alkyl halides is 3. The highest BCUT2D eigenvalue weighted by atomic mass is 32.1. The number of rotatable bonds is 5. The van der Waals surface area contributed by atoms with Crippen LogP contribution in [0.15, 0.2) is 41.1 Å². The Morgan fingerprint density at radius 1 is 1.07 bits per heavy atom. The number of thiophene rings is 1. The van der Waals surface area contributed by atoms with E-state index in [1.807, 2.05) is 21.7 Å². The average molecular weight is 411 g/mol. The van der Waals surface area contributed by atoms with E-state index >= 15 is 0 Å². The van der Waals surface area contributed by atoms with Gasteiger partial charge in [0.25, 0.3) is 0 Å². The lowest BCUT2D eigenvalue weighted by atomic mass is 10.1. The number of anilines is 1. The minimum atomic E-state index is -4.53. The summed E-state index contributed by atoms with van der Waals surface area (Å²) in [7, 11) is 0. The van der Waals surface area contributed by atoms with E-state index in [0.717, 1.165) is 11.6 Å². The van der Waals surface area contributed by atoms with Crippen LogP contribution >= 0.6 is 11.3 Å². The lowest BCUT2D eigenvalue weighted by Gasteiger charge is -2.34. The SMILES string of the molecule is O=C(CN1CCN(C(=O)Cc2ccsc2)CC1)Nc1ccccc1C(F)(F)F. The molecule has 1 aromatic carbocycles. The molecule has 0 saturated carbocycles. The van der Waals surface area contributed by atoms with E-state index in [-0.39, 0.29) is 18.1 Å². The molecule has 28 heavy (non-hydrogen) atoms. The van der Waals surface area contributed by atoms with Gasteiger partial charge in [-0.2, -0.15) is 24.5 Å². The largest absolute Gasteiger partial charge is 0.418 e. The summed E-state index contributed by atoms with van der Waals surface area (Å²) in [5, 5.41) is 6.22. The molecule has 0 unspecified atom stereocenters. The van der Waals surface area contributed by atoms with Gasteiger partial charge < -0.3 is 10.2 Å². The van der Waals surface area contributed by atoms with Gasteiger partial charge in [0.2, 0.25) is 11.8 Å². The second-order valence-electron chi connectivity index (χ2n) is 6.56. The third-order valence-electron chi connectivity index (χ3n) is 4.53. The normalized spacial score (nSPS) is 15.5. The van der Waals surface area contributed by atoms with Crippen molar-refractivity contribution in [1.29, 1.82) is 0 Å². The zero-order valence-electron chi connectivity index (χ0n) is 15.0. The number of carbonyl (C=O) groups is 2. The number of nitrogens with zero attached hydrogens (tertiary/aromatic N) is 2. The van der Waals surface area contributed by atoms with E-state index in [4.69, 9.17) is 0 Å². The Bertz CT molecular complexity index is 816. The molecular weight excluding hydrogens is 391 g/mol. The number of hydrogen-bond acceptors (Lipinski definition) is 4. The topological polar surface area (TPSA) is 52.7 Å². The van der Waals surface area contributed by atoms with Gasteiger partial charge in [0, 0.05) is 26.2 Å². The highest BCUT2D eigenvalue weighted by molar-refractivity contribution is 7.08. The second kappa shape index (κ2) is 8.74. The molecule has 1 aliphatic heterocycles. The molecule has 1 aliphatic rings. The highest BCUT2D eigenvalue weighted by Crippen LogP contribution is 2.34. The van der Waals surface area contributed by atoms with Gasteiger partial charge in [-0.15, -0.1) is 0 Å². The van der Waals surface area contributed by atoms with Crippen molar-refractivity contribution in [1.82, 2.24) is 9.80 Å². The molecule has 0 aliphatic carbocycles. The lowest BCUT2D eigenvalue weighted by molar-refractivity contribution is -0.137. The minimum absolute atomic E-state index is 0.0151. The van der Waals surface area contributed by atoms with Crippen LogP contribution in [0.25, 0.3) is 0 Å². The van der Waals surface area contributed by atoms with Gasteiger partial charge in [0.1, 0.15) is 0 Å². The van der Waals surface area contributed by atoms with Crippen LogP contribution in [0.1, 0.15) is 11.1 Å². The van der Waals surface area contributed by atoms with Gasteiger partial charge in [-0.3, -0.25) is 14.5 Å². The minimum Gasteiger partial charge on any atom is -0.340 e. The Labute approximate surface area is 164 Å². The highest BCUT2D eigenvalue weighted by Gasteiger charge is 2.33. The zero-order chi connectivity index (χ0) is 20.1. The Balaban J connectivity index is 1.49. The van der Waals surface area contributed by atoms with E-state index in [1.165, 1.54) is 18.2 Å². The maximum Gasteiger partial charge on any atom is 0.418 e. The predicted molar refractivity (Wildman–Crippen MR) is 101 cm³/mol. The molecule has 2 heterocycles. The third-order valence-corrected chi connectivity index (χ3v) is 5.27. The Kier molecular flexibility index (Phi) is 6.35. The molecule has 1 saturated heterocycles. The molecule has 0 spiro atoms. The summed E-state index contributed by atoms with van der Waals surface area (Å²) >= 11 is 1.54. The summed E-state index contributed by atoms with van der Waals surface area (Å²) in [6.07, 6.45) is -4.17. The summed E-state index contributed by atoms with van der Waals surface area (Å²) in [4.78, 5) is 28.1. The molecule has 5 nitrogen and oxygen atoms in total. The van der Waals surface area contributed by atoms with E-state index in [0.29, 0.717) is 32.6 Å². The molecular formula is C19H20F3N3O2S. The van der Waals surface area contributed by atoms with Crippen molar-refractivity contribution in [2.45, 2.75) is 12.6 Å². The number of nitrogens with one attached hydrogen (secondary N) is 1. The second-order valence-corrected chi connectivity index (χ2v) is 7.34. The van der Waals surface area contributed by atoms with E-state index < -0.39 is 17.6 Å². The fraction of sp³-hybridized carbons (Fsp3) is 0.368. The van der Waals surface area contributed by atoms with Gasteiger partial charge in [-0.1, -0.05) is 12.1 Å². The Morgan fingerprint density at radius 3 is 2.43 bits per heavy atom. The number of hydrogen-bond donors (Lipinski definition) is 1. The molecule has 0 atom stereocenters. The maximum atomic E-state index is 13.0. The number of amides is 2. The lowest BCUT2D eigenvalue weighted by Crippen LogP contribution is -2.50. The summed E-state index contributed by atoms with van der Waals surface area (Å²) in [5.41, 5.74) is -0.128. The van der Waals surface area contributed by atoms with E-state index in [1.54, 1.807) is 16.2 Å². The number of para-hydroxylation sites is 1. The quantitative estimate of drug-likeness (QED) is 0.823. The molecule has 1 aromatic heterocycles. The molecule has 2 amide bonds. The van der Waals surface area contributed by atoms with Crippen LogP contribution in [0, 0.1) is 0 Å². The van der Waals surface area contributed by atoms with Crippen molar-refractivity contribution < 1.29 is 22.8 Å². The van der Waals surface area contributed by atoms with Gasteiger partial charge in [0.15, 0.2) is 0 Å². The molecule has 150 valence electrons. The standard InChI is InChI=1S/C19H20F3N3O2S/c20-19(21,22)15-3-1-2-4-16(15)23-17(26)12-24-6-8-25(9-7-24)18(27)11-14-5-10-28-13-14/h1-5,10,13H,6-9,11-12H2,(H,23,26). The number of halogens is 3. The summed E-state index contributed by atoms with van der Waals surface area (Å²) in [6, 6.07) is 6.82. The molecule has 1 N–H and O–H groups in total. The fourth-order valence-corrected chi connectivity index (χ4v) is 3.74. The molecule has 1 fully saturated rings. The first kappa shape index (κ1) is 20.3. The predicted octanol–water partition coefficient (Wildman–Crippen LogP) is 3.09. The van der Waals surface area contributed by atoms with Gasteiger partial charge >= 0.3 is 6.18 Å². The summed E-state index contributed by atoms with van der Waals surface area (Å²) in [6.45, 7) is 1.98. The van der Waals surface area contributed by atoms with Crippen molar-refractivity contribution in [2.75, 3.05) is 38.0 Å². The molecule has 0 radical (unpaired) electrons. The van der Waals surface area contributed by atoms with Crippen molar-refractivity contribution in [3.8, 4) is 0 Å². The smallest absolute Gasteiger partial charge is 0.340 e. The molecule has 9 heteroatoms. The maximum absolute atomic E-state index is 13.0. The average Bonchev–Trinajstić information content (AvgIpc) is 3.14. The van der Waals surface area contributed by atoms with Crippen molar-refractivity contribution in [3.63, 3.8) is 0 Å². The molecule has 2 aromatic rings. The van der Waals surface area contributed by atoms with E-state index in [9.17, 15) is 22.8 Å². The third kappa shape index (κ3) is 5.32. The number of carbonyl (C=O) groups excluding carboxylic acids is 2. The van der Waals surface area contributed by atoms with Crippen LogP contribution in [0.2, 0.25) is 0 Å². The Morgan fingerprint density at radius 2 is 1.79 bits per heavy atom. The van der Waals surface area contributed by atoms with Gasteiger partial charge in [0.05, 0.1) is 24.2 Å². The molecule has 3 rings (SSSR count). The monoisotopic (exact) mass is 411 g/mol. The summed E-state index contributed by atoms with van der Waals surface area (Å²) in [5.74, 6) is -0.462. The fourth-order valence-electron chi connectivity index (χ4n) is 3.07. The van der Waals surface area contributed by atoms with Crippen LogP contribution in [0.3, 0.4) is 0 Å². The van der Waals surface area contributed by atoms with Crippen molar-refractivity contribution in [3.05, 3.63) is 52.2 Å². The zero-order valence-corrected chi connectivity index (χ0v) is 15.9. The summed E-state index contributed by atoms with van der Waals surface area (Å²) < 4.78 is 39.0. The van der Waals surface area contributed by atoms with Crippen LogP contribution < -0.4 is 5.32 Å². The van der Waals surface area contributed by atoms with Crippen LogP contribution in [-0.4, -0.2) is 54.3 Å². The first-order valence-corrected chi connectivity index (χ1v) is 9.74.